The molecule has 0 radical (unpaired) electrons. The van der Waals surface area contributed by atoms with Crippen LogP contribution in [0, 0.1) is 22.7 Å². The van der Waals surface area contributed by atoms with Gasteiger partial charge in [0.05, 0.1) is 37.5 Å². The van der Waals surface area contributed by atoms with Crippen molar-refractivity contribution < 1.29 is 14.2 Å². The van der Waals surface area contributed by atoms with E-state index in [4.69, 9.17) is 19.5 Å². The molecule has 1 aromatic heterocycles. The highest BCUT2D eigenvalue weighted by atomic mass is 16.5. The van der Waals surface area contributed by atoms with E-state index in [-0.39, 0.29) is 5.88 Å². The largest absolute Gasteiger partial charge is 0.493 e. The Morgan fingerprint density at radius 3 is 2.28 bits per heavy atom. The van der Waals surface area contributed by atoms with Gasteiger partial charge in [0.1, 0.15) is 5.82 Å². The van der Waals surface area contributed by atoms with Gasteiger partial charge in [-0.05, 0) is 60.3 Å². The first-order valence-electron chi connectivity index (χ1n) is 11.2. The second-order valence-corrected chi connectivity index (χ2v) is 7.75. The third-order valence-corrected chi connectivity index (χ3v) is 5.30. The Bertz CT molecular complexity index is 1470. The van der Waals surface area contributed by atoms with Crippen LogP contribution in [0.3, 0.4) is 0 Å². The predicted octanol–water partition coefficient (Wildman–Crippen LogP) is 5.75. The van der Waals surface area contributed by atoms with Crippen LogP contribution in [0.2, 0.25) is 0 Å². The van der Waals surface area contributed by atoms with E-state index < -0.39 is 0 Å². The first-order chi connectivity index (χ1) is 17.6. The summed E-state index contributed by atoms with van der Waals surface area (Å²) in [5, 5.41) is 26.3. The highest BCUT2D eigenvalue weighted by Gasteiger charge is 2.19. The first kappa shape index (κ1) is 24.1. The third kappa shape index (κ3) is 5.21. The molecule has 0 spiro atoms. The lowest BCUT2D eigenvalue weighted by atomic mass is 10.1. The Kier molecular flexibility index (Phi) is 7.33. The Labute approximate surface area is 208 Å². The third-order valence-electron chi connectivity index (χ3n) is 5.30. The molecule has 2 N–H and O–H groups in total. The molecule has 4 aromatic rings. The summed E-state index contributed by atoms with van der Waals surface area (Å²) in [6.07, 6.45) is 0.912. The minimum Gasteiger partial charge on any atom is -0.493 e. The molecule has 0 fully saturated rings. The van der Waals surface area contributed by atoms with Gasteiger partial charge in [0.2, 0.25) is 17.6 Å². The SMILES string of the molecule is CCCNc1cc(Oc2c(OC)cc3cc(C#N)ccc3c2OC)nc(Nc2ccc(C#N)cc2)n1. The second kappa shape index (κ2) is 10.9. The Morgan fingerprint density at radius 2 is 1.61 bits per heavy atom. The van der Waals surface area contributed by atoms with E-state index in [9.17, 15) is 5.26 Å². The van der Waals surface area contributed by atoms with Crippen LogP contribution < -0.4 is 24.8 Å². The average Bonchev–Trinajstić information content (AvgIpc) is 2.91. The standard InChI is InChI=1S/C27H24N6O3/c1-4-11-30-23-14-24(33-27(32-23)31-20-8-5-17(15-28)6-9-20)36-26-22(34-2)13-19-12-18(16-29)7-10-21(19)25(26)35-3/h5-10,12-14H,4,11H2,1-3H3,(H2,30,31,32,33). The number of aromatic nitrogens is 2. The van der Waals surface area contributed by atoms with Crippen molar-refractivity contribution in [2.45, 2.75) is 13.3 Å². The molecular formula is C27H24N6O3. The molecule has 0 amide bonds. The number of hydrogen-bond donors (Lipinski definition) is 2. The Balaban J connectivity index is 1.76. The van der Waals surface area contributed by atoms with Crippen molar-refractivity contribution in [3.8, 4) is 35.3 Å². The van der Waals surface area contributed by atoms with E-state index in [1.807, 2.05) is 6.07 Å². The van der Waals surface area contributed by atoms with Crippen LogP contribution in [0.5, 0.6) is 23.1 Å². The number of fused-ring (bicyclic) bond motifs is 1. The summed E-state index contributed by atoms with van der Waals surface area (Å²) < 4.78 is 17.5. The smallest absolute Gasteiger partial charge is 0.232 e. The molecule has 0 unspecified atom stereocenters. The van der Waals surface area contributed by atoms with E-state index in [2.05, 4.69) is 39.7 Å². The van der Waals surface area contributed by atoms with Crippen LogP contribution in [0.4, 0.5) is 17.5 Å². The van der Waals surface area contributed by atoms with E-state index in [0.29, 0.717) is 40.1 Å². The van der Waals surface area contributed by atoms with Gasteiger partial charge in [0.25, 0.3) is 0 Å². The molecule has 1 heterocycles. The number of benzene rings is 3. The average molecular weight is 481 g/mol. The topological polar surface area (TPSA) is 125 Å². The summed E-state index contributed by atoms with van der Waals surface area (Å²) in [4.78, 5) is 9.06. The zero-order valence-corrected chi connectivity index (χ0v) is 20.1. The number of hydrogen-bond acceptors (Lipinski definition) is 9. The lowest BCUT2D eigenvalue weighted by Gasteiger charge is -2.17. The Hall–Kier alpha value is -5.02. The molecule has 0 aliphatic carbocycles. The van der Waals surface area contributed by atoms with Crippen LogP contribution >= 0.6 is 0 Å². The van der Waals surface area contributed by atoms with Gasteiger partial charge < -0.3 is 24.8 Å². The molecule has 0 aliphatic rings. The second-order valence-electron chi connectivity index (χ2n) is 7.75. The van der Waals surface area contributed by atoms with Crippen LogP contribution in [-0.2, 0) is 0 Å². The zero-order chi connectivity index (χ0) is 25.5. The van der Waals surface area contributed by atoms with Gasteiger partial charge in [0, 0.05) is 23.7 Å². The fourth-order valence-electron chi connectivity index (χ4n) is 3.59. The molecule has 36 heavy (non-hydrogen) atoms. The molecule has 0 saturated carbocycles. The lowest BCUT2D eigenvalue weighted by Crippen LogP contribution is -2.06. The van der Waals surface area contributed by atoms with Crippen LogP contribution in [-0.4, -0.2) is 30.7 Å². The number of nitriles is 2. The minimum atomic E-state index is 0.268. The fraction of sp³-hybridized carbons (Fsp3) is 0.185. The summed E-state index contributed by atoms with van der Waals surface area (Å²) in [6, 6.07) is 20.0. The van der Waals surface area contributed by atoms with Crippen molar-refractivity contribution >= 4 is 28.2 Å². The minimum absolute atomic E-state index is 0.268. The highest BCUT2D eigenvalue weighted by Crippen LogP contribution is 2.45. The van der Waals surface area contributed by atoms with E-state index in [0.717, 1.165) is 29.4 Å². The molecule has 180 valence electrons. The van der Waals surface area contributed by atoms with Gasteiger partial charge in [-0.15, -0.1) is 0 Å². The predicted molar refractivity (Wildman–Crippen MR) is 137 cm³/mol. The molecule has 0 aliphatic heterocycles. The summed E-state index contributed by atoms with van der Waals surface area (Å²) in [6.45, 7) is 2.78. The first-order valence-corrected chi connectivity index (χ1v) is 11.2. The summed E-state index contributed by atoms with van der Waals surface area (Å²) in [7, 11) is 3.08. The van der Waals surface area contributed by atoms with Gasteiger partial charge in [-0.25, -0.2) is 0 Å². The maximum Gasteiger partial charge on any atom is 0.232 e. The zero-order valence-electron chi connectivity index (χ0n) is 20.1. The fourth-order valence-corrected chi connectivity index (χ4v) is 3.59. The molecule has 0 bridgehead atoms. The van der Waals surface area contributed by atoms with E-state index in [1.165, 1.54) is 7.11 Å². The van der Waals surface area contributed by atoms with E-state index >= 15 is 0 Å². The molecule has 9 nitrogen and oxygen atoms in total. The van der Waals surface area contributed by atoms with Crippen molar-refractivity contribution in [2.24, 2.45) is 0 Å². The molecule has 0 saturated heterocycles. The monoisotopic (exact) mass is 480 g/mol. The van der Waals surface area contributed by atoms with Gasteiger partial charge in [-0.2, -0.15) is 20.5 Å². The van der Waals surface area contributed by atoms with Crippen LogP contribution in [0.15, 0.2) is 54.6 Å². The molecule has 4 rings (SSSR count). The van der Waals surface area contributed by atoms with Crippen molar-refractivity contribution in [2.75, 3.05) is 31.4 Å². The normalized spacial score (nSPS) is 10.2. The van der Waals surface area contributed by atoms with E-state index in [1.54, 1.807) is 55.6 Å². The number of ether oxygens (including phenoxy) is 3. The summed E-state index contributed by atoms with van der Waals surface area (Å²) in [5.41, 5.74) is 1.81. The molecule has 0 atom stereocenters. The maximum atomic E-state index is 9.27. The lowest BCUT2D eigenvalue weighted by molar-refractivity contribution is 0.345. The molecule has 3 aromatic carbocycles. The molecular weight excluding hydrogens is 456 g/mol. The number of nitrogens with zero attached hydrogens (tertiary/aromatic N) is 4. The van der Waals surface area contributed by atoms with Crippen LogP contribution in [0.1, 0.15) is 24.5 Å². The quantitative estimate of drug-likeness (QED) is 0.308. The van der Waals surface area contributed by atoms with Crippen molar-refractivity contribution in [3.63, 3.8) is 0 Å². The number of anilines is 3. The molecule has 9 heteroatoms. The van der Waals surface area contributed by atoms with Crippen molar-refractivity contribution in [3.05, 3.63) is 65.7 Å². The number of methoxy groups -OCH3 is 2. The number of rotatable bonds is 9. The van der Waals surface area contributed by atoms with Gasteiger partial charge in [0.15, 0.2) is 11.5 Å². The Morgan fingerprint density at radius 1 is 0.861 bits per heavy atom. The number of nitrogens with one attached hydrogen (secondary N) is 2. The van der Waals surface area contributed by atoms with Crippen molar-refractivity contribution in [1.82, 2.24) is 9.97 Å². The summed E-state index contributed by atoms with van der Waals surface area (Å²) in [5.74, 6) is 2.39. The van der Waals surface area contributed by atoms with Crippen LogP contribution in [0.25, 0.3) is 10.8 Å². The summed E-state index contributed by atoms with van der Waals surface area (Å²) >= 11 is 0. The van der Waals surface area contributed by atoms with Gasteiger partial charge in [-0.1, -0.05) is 6.92 Å². The highest BCUT2D eigenvalue weighted by molar-refractivity contribution is 5.94. The maximum absolute atomic E-state index is 9.27. The van der Waals surface area contributed by atoms with Gasteiger partial charge in [-0.3, -0.25) is 0 Å². The van der Waals surface area contributed by atoms with Crippen molar-refractivity contribution in [1.29, 1.82) is 10.5 Å². The van der Waals surface area contributed by atoms with Gasteiger partial charge >= 0.3 is 0 Å².